The number of hydrogen-bond acceptors (Lipinski definition) is 6. The van der Waals surface area contributed by atoms with Crippen LogP contribution in [0.4, 0.5) is 0 Å². The van der Waals surface area contributed by atoms with Crippen molar-refractivity contribution >= 4 is 23.5 Å². The van der Waals surface area contributed by atoms with Crippen LogP contribution in [0.5, 0.6) is 11.6 Å². The Bertz CT molecular complexity index is 1270. The standard InChI is InChI=1S/C26H21ClN2O5/c1-2-32-26(31)23-16-24(29(28-23)21-12-10-20(27)11-13-21)34-25(30)19-8-14-22(15-9-19)33-17-18-6-4-3-5-7-18/h3-16H,2,17H2,1H3. The number of carbonyl (C=O) groups is 2. The summed E-state index contributed by atoms with van der Waals surface area (Å²) in [5.74, 6) is -0.538. The fraction of sp³-hybridized carbons (Fsp3) is 0.115. The smallest absolute Gasteiger partial charge is 0.358 e. The lowest BCUT2D eigenvalue weighted by Gasteiger charge is -2.09. The Kier molecular flexibility index (Phi) is 7.25. The molecule has 0 unspecified atom stereocenters. The molecule has 34 heavy (non-hydrogen) atoms. The lowest BCUT2D eigenvalue weighted by Crippen LogP contribution is -2.12. The topological polar surface area (TPSA) is 79.6 Å². The second-order valence-electron chi connectivity index (χ2n) is 7.16. The van der Waals surface area contributed by atoms with Gasteiger partial charge in [0.25, 0.3) is 0 Å². The Hall–Kier alpha value is -4.10. The molecule has 1 heterocycles. The van der Waals surface area contributed by atoms with Crippen molar-refractivity contribution in [2.45, 2.75) is 13.5 Å². The van der Waals surface area contributed by atoms with Crippen LogP contribution in [-0.4, -0.2) is 28.3 Å². The molecule has 8 heteroatoms. The molecule has 0 amide bonds. The van der Waals surface area contributed by atoms with Crippen LogP contribution < -0.4 is 9.47 Å². The quantitative estimate of drug-likeness (QED) is 0.312. The second-order valence-corrected chi connectivity index (χ2v) is 7.60. The molecular weight excluding hydrogens is 456 g/mol. The molecule has 172 valence electrons. The third-order valence-electron chi connectivity index (χ3n) is 4.77. The van der Waals surface area contributed by atoms with Gasteiger partial charge in [0.15, 0.2) is 5.69 Å². The minimum atomic E-state index is -0.618. The Labute approximate surface area is 201 Å². The van der Waals surface area contributed by atoms with Crippen molar-refractivity contribution in [3.05, 3.63) is 107 Å². The highest BCUT2D eigenvalue weighted by Gasteiger charge is 2.20. The van der Waals surface area contributed by atoms with Gasteiger partial charge in [-0.3, -0.25) is 0 Å². The largest absolute Gasteiger partial charge is 0.489 e. The van der Waals surface area contributed by atoms with Crippen LogP contribution in [0.3, 0.4) is 0 Å². The van der Waals surface area contributed by atoms with E-state index in [4.69, 9.17) is 25.8 Å². The molecule has 0 fully saturated rings. The maximum absolute atomic E-state index is 12.8. The molecule has 0 N–H and O–H groups in total. The molecule has 4 aromatic rings. The third kappa shape index (κ3) is 5.63. The van der Waals surface area contributed by atoms with Crippen molar-refractivity contribution in [1.82, 2.24) is 9.78 Å². The van der Waals surface area contributed by atoms with Gasteiger partial charge >= 0.3 is 11.9 Å². The Balaban J connectivity index is 1.51. The molecule has 0 radical (unpaired) electrons. The van der Waals surface area contributed by atoms with E-state index < -0.39 is 11.9 Å². The van der Waals surface area contributed by atoms with Crippen LogP contribution in [0.15, 0.2) is 84.9 Å². The van der Waals surface area contributed by atoms with Crippen molar-refractivity contribution in [3.8, 4) is 17.3 Å². The van der Waals surface area contributed by atoms with Crippen LogP contribution in [0.2, 0.25) is 5.02 Å². The van der Waals surface area contributed by atoms with Gasteiger partial charge in [-0.15, -0.1) is 0 Å². The van der Waals surface area contributed by atoms with E-state index >= 15 is 0 Å². The molecular formula is C26H21ClN2O5. The number of esters is 2. The average molecular weight is 477 g/mol. The zero-order chi connectivity index (χ0) is 23.9. The lowest BCUT2D eigenvalue weighted by atomic mass is 10.2. The summed E-state index contributed by atoms with van der Waals surface area (Å²) in [6.45, 7) is 2.31. The number of rotatable bonds is 8. The average Bonchev–Trinajstić information content (AvgIpc) is 3.28. The molecule has 0 saturated carbocycles. The number of hydrogen-bond donors (Lipinski definition) is 0. The summed E-state index contributed by atoms with van der Waals surface area (Å²) >= 11 is 5.97. The second kappa shape index (κ2) is 10.7. The summed E-state index contributed by atoms with van der Waals surface area (Å²) in [6.07, 6.45) is 0. The number of ether oxygens (including phenoxy) is 3. The number of halogens is 1. The molecule has 0 saturated heterocycles. The summed E-state index contributed by atoms with van der Waals surface area (Å²) < 4.78 is 17.7. The van der Waals surface area contributed by atoms with Gasteiger partial charge in [0.05, 0.1) is 17.9 Å². The van der Waals surface area contributed by atoms with E-state index in [-0.39, 0.29) is 18.2 Å². The minimum absolute atomic E-state index is 0.0178. The minimum Gasteiger partial charge on any atom is -0.489 e. The fourth-order valence-electron chi connectivity index (χ4n) is 3.09. The van der Waals surface area contributed by atoms with Crippen molar-refractivity contribution in [1.29, 1.82) is 0 Å². The first-order chi connectivity index (χ1) is 16.5. The van der Waals surface area contributed by atoms with Crippen molar-refractivity contribution < 1.29 is 23.8 Å². The molecule has 7 nitrogen and oxygen atoms in total. The van der Waals surface area contributed by atoms with E-state index in [0.29, 0.717) is 28.6 Å². The van der Waals surface area contributed by atoms with Gasteiger partial charge in [0, 0.05) is 11.1 Å². The van der Waals surface area contributed by atoms with Gasteiger partial charge in [0.2, 0.25) is 5.88 Å². The molecule has 3 aromatic carbocycles. The van der Waals surface area contributed by atoms with Crippen molar-refractivity contribution in [2.75, 3.05) is 6.61 Å². The van der Waals surface area contributed by atoms with E-state index in [2.05, 4.69) is 5.10 Å². The molecule has 0 aliphatic heterocycles. The SMILES string of the molecule is CCOC(=O)c1cc(OC(=O)c2ccc(OCc3ccccc3)cc2)n(-c2ccc(Cl)cc2)n1. The molecule has 4 rings (SSSR count). The monoisotopic (exact) mass is 476 g/mol. The number of carbonyl (C=O) groups excluding carboxylic acids is 2. The zero-order valence-electron chi connectivity index (χ0n) is 18.3. The molecule has 0 aliphatic rings. The summed E-state index contributed by atoms with van der Waals surface area (Å²) in [5.41, 5.74) is 1.93. The maximum atomic E-state index is 12.8. The molecule has 1 aromatic heterocycles. The maximum Gasteiger partial charge on any atom is 0.358 e. The van der Waals surface area contributed by atoms with Crippen LogP contribution >= 0.6 is 11.6 Å². The highest BCUT2D eigenvalue weighted by atomic mass is 35.5. The van der Waals surface area contributed by atoms with Crippen LogP contribution in [-0.2, 0) is 11.3 Å². The van der Waals surface area contributed by atoms with Gasteiger partial charge in [0.1, 0.15) is 12.4 Å². The first-order valence-corrected chi connectivity index (χ1v) is 10.9. The van der Waals surface area contributed by atoms with Crippen molar-refractivity contribution in [2.24, 2.45) is 0 Å². The fourth-order valence-corrected chi connectivity index (χ4v) is 3.22. The highest BCUT2D eigenvalue weighted by molar-refractivity contribution is 6.30. The van der Waals surface area contributed by atoms with E-state index in [1.54, 1.807) is 55.5 Å². The summed E-state index contributed by atoms with van der Waals surface area (Å²) in [7, 11) is 0. The van der Waals surface area contributed by atoms with Gasteiger partial charge in [-0.05, 0) is 61.0 Å². The van der Waals surface area contributed by atoms with Gasteiger partial charge in [-0.1, -0.05) is 41.9 Å². The summed E-state index contributed by atoms with van der Waals surface area (Å²) in [5, 5.41) is 4.78. The first-order valence-electron chi connectivity index (χ1n) is 10.6. The first kappa shape index (κ1) is 23.1. The Morgan fingerprint density at radius 3 is 2.29 bits per heavy atom. The molecule has 0 atom stereocenters. The highest BCUT2D eigenvalue weighted by Crippen LogP contribution is 2.23. The van der Waals surface area contributed by atoms with Crippen molar-refractivity contribution in [3.63, 3.8) is 0 Å². The lowest BCUT2D eigenvalue weighted by molar-refractivity contribution is 0.0518. The van der Waals surface area contributed by atoms with E-state index in [0.717, 1.165) is 5.56 Å². The van der Waals surface area contributed by atoms with Crippen LogP contribution in [0, 0.1) is 0 Å². The third-order valence-corrected chi connectivity index (χ3v) is 5.02. The zero-order valence-corrected chi connectivity index (χ0v) is 19.1. The predicted molar refractivity (Wildman–Crippen MR) is 127 cm³/mol. The van der Waals surface area contributed by atoms with Crippen LogP contribution in [0.25, 0.3) is 5.69 Å². The number of nitrogens with zero attached hydrogens (tertiary/aromatic N) is 2. The molecule has 0 aliphatic carbocycles. The molecule has 0 spiro atoms. The Morgan fingerprint density at radius 1 is 0.912 bits per heavy atom. The van der Waals surface area contributed by atoms with Gasteiger partial charge in [-0.2, -0.15) is 9.78 Å². The summed E-state index contributed by atoms with van der Waals surface area (Å²) in [6, 6.07) is 24.5. The van der Waals surface area contributed by atoms with E-state index in [1.807, 2.05) is 30.3 Å². The number of benzene rings is 3. The van der Waals surface area contributed by atoms with E-state index in [1.165, 1.54) is 10.7 Å². The predicted octanol–water partition coefficient (Wildman–Crippen LogP) is 5.50. The van der Waals surface area contributed by atoms with Crippen LogP contribution in [0.1, 0.15) is 33.3 Å². The molecule has 0 bridgehead atoms. The summed E-state index contributed by atoms with van der Waals surface area (Å²) in [4.78, 5) is 25.0. The number of aromatic nitrogens is 2. The normalized spacial score (nSPS) is 10.5. The Morgan fingerprint density at radius 2 is 1.62 bits per heavy atom. The van der Waals surface area contributed by atoms with E-state index in [9.17, 15) is 9.59 Å². The van der Waals surface area contributed by atoms with Gasteiger partial charge in [-0.25, -0.2) is 9.59 Å². The van der Waals surface area contributed by atoms with Gasteiger partial charge < -0.3 is 14.2 Å².